The first-order valence-corrected chi connectivity index (χ1v) is 11.5. The van der Waals surface area contributed by atoms with Crippen molar-refractivity contribution in [3.05, 3.63) is 0 Å². The quantitative estimate of drug-likeness (QED) is 0.226. The van der Waals surface area contributed by atoms with E-state index in [-0.39, 0.29) is 23.8 Å². The molecule has 0 bridgehead atoms. The molecule has 0 aromatic rings. The number of amides is 1. The van der Waals surface area contributed by atoms with Crippen molar-refractivity contribution in [1.82, 2.24) is 10.2 Å². The van der Waals surface area contributed by atoms with Crippen molar-refractivity contribution in [2.24, 2.45) is 17.2 Å². The van der Waals surface area contributed by atoms with Crippen LogP contribution in [0.15, 0.2) is 0 Å². The standard InChI is InChI=1S/C22H47N5O2/c1-19(28)10-4-3-7-17-27(2)22(29)18-21(25)13-8-12-20(24)11-5-6-15-26-16-9-14-23/h20-21,26H,3-18,23-25H2,1-2H3. The molecule has 0 saturated carbocycles. The van der Waals surface area contributed by atoms with Gasteiger partial charge in [0.05, 0.1) is 0 Å². The van der Waals surface area contributed by atoms with Crippen LogP contribution in [0, 0.1) is 0 Å². The van der Waals surface area contributed by atoms with Crippen LogP contribution in [-0.2, 0) is 9.59 Å². The summed E-state index contributed by atoms with van der Waals surface area (Å²) in [6.07, 6.45) is 11.0. The van der Waals surface area contributed by atoms with Crippen LogP contribution in [0.25, 0.3) is 0 Å². The van der Waals surface area contributed by atoms with Gasteiger partial charge < -0.3 is 32.2 Å². The first kappa shape index (κ1) is 28.0. The molecule has 7 nitrogen and oxygen atoms in total. The zero-order valence-corrected chi connectivity index (χ0v) is 19.0. The summed E-state index contributed by atoms with van der Waals surface area (Å²) < 4.78 is 0. The van der Waals surface area contributed by atoms with Gasteiger partial charge in [-0.05, 0) is 71.5 Å². The number of Topliss-reactive ketones (excluding diaryl/α,β-unsaturated/α-hetero) is 1. The van der Waals surface area contributed by atoms with Crippen molar-refractivity contribution in [2.75, 3.05) is 33.2 Å². The fraction of sp³-hybridized carbons (Fsp3) is 0.909. The van der Waals surface area contributed by atoms with Crippen molar-refractivity contribution in [2.45, 2.75) is 96.1 Å². The summed E-state index contributed by atoms with van der Waals surface area (Å²) in [7, 11) is 1.83. The number of unbranched alkanes of at least 4 members (excludes halogenated alkanes) is 3. The Bertz CT molecular complexity index is 420. The Labute approximate surface area is 178 Å². The average Bonchev–Trinajstić information content (AvgIpc) is 2.66. The van der Waals surface area contributed by atoms with E-state index in [0.717, 1.165) is 90.4 Å². The van der Waals surface area contributed by atoms with Crippen molar-refractivity contribution in [3.63, 3.8) is 0 Å². The van der Waals surface area contributed by atoms with Gasteiger partial charge in [-0.2, -0.15) is 0 Å². The second-order valence-electron chi connectivity index (χ2n) is 8.37. The Balaban J connectivity index is 3.66. The maximum absolute atomic E-state index is 12.2. The van der Waals surface area contributed by atoms with E-state index >= 15 is 0 Å². The molecule has 0 saturated heterocycles. The van der Waals surface area contributed by atoms with Gasteiger partial charge in [0.25, 0.3) is 0 Å². The summed E-state index contributed by atoms with van der Waals surface area (Å²) in [6, 6.07) is 0.126. The van der Waals surface area contributed by atoms with Crippen molar-refractivity contribution < 1.29 is 9.59 Å². The molecule has 0 aliphatic heterocycles. The molecule has 0 rings (SSSR count). The van der Waals surface area contributed by atoms with Crippen LogP contribution in [0.1, 0.15) is 84.0 Å². The second kappa shape index (κ2) is 19.0. The number of ketones is 1. The summed E-state index contributed by atoms with van der Waals surface area (Å²) in [5.74, 6) is 0.339. The molecule has 0 aromatic carbocycles. The smallest absolute Gasteiger partial charge is 0.223 e. The maximum atomic E-state index is 12.2. The van der Waals surface area contributed by atoms with Crippen molar-refractivity contribution in [3.8, 4) is 0 Å². The highest BCUT2D eigenvalue weighted by Crippen LogP contribution is 2.10. The number of carbonyl (C=O) groups excluding carboxylic acids is 2. The number of rotatable bonds is 20. The molecule has 0 fully saturated rings. The molecule has 2 atom stereocenters. The summed E-state index contributed by atoms with van der Waals surface area (Å²) >= 11 is 0. The fourth-order valence-corrected chi connectivity index (χ4v) is 3.30. The lowest BCUT2D eigenvalue weighted by Gasteiger charge is -2.20. The monoisotopic (exact) mass is 413 g/mol. The van der Waals surface area contributed by atoms with E-state index in [2.05, 4.69) is 5.32 Å². The van der Waals surface area contributed by atoms with Crippen LogP contribution in [0.4, 0.5) is 0 Å². The summed E-state index contributed by atoms with van der Waals surface area (Å²) in [5, 5.41) is 3.38. The van der Waals surface area contributed by atoms with Gasteiger partial charge in [-0.25, -0.2) is 0 Å². The number of nitrogens with two attached hydrogens (primary N) is 3. The minimum Gasteiger partial charge on any atom is -0.346 e. The van der Waals surface area contributed by atoms with Gasteiger partial charge in [-0.15, -0.1) is 0 Å². The van der Waals surface area contributed by atoms with Gasteiger partial charge in [0.2, 0.25) is 5.91 Å². The minimum atomic E-state index is -0.0957. The molecule has 7 N–H and O–H groups in total. The maximum Gasteiger partial charge on any atom is 0.223 e. The predicted molar refractivity (Wildman–Crippen MR) is 122 cm³/mol. The fourth-order valence-electron chi connectivity index (χ4n) is 3.30. The van der Waals surface area contributed by atoms with Gasteiger partial charge in [-0.3, -0.25) is 4.79 Å². The molecule has 0 aliphatic carbocycles. The number of hydrogen-bond acceptors (Lipinski definition) is 6. The Kier molecular flexibility index (Phi) is 18.3. The van der Waals surface area contributed by atoms with E-state index in [1.807, 2.05) is 7.05 Å². The van der Waals surface area contributed by atoms with Crippen LogP contribution < -0.4 is 22.5 Å². The van der Waals surface area contributed by atoms with Crippen molar-refractivity contribution in [1.29, 1.82) is 0 Å². The number of hydrogen-bond donors (Lipinski definition) is 4. The molecule has 1 amide bonds. The van der Waals surface area contributed by atoms with Gasteiger partial charge in [0, 0.05) is 38.5 Å². The highest BCUT2D eigenvalue weighted by molar-refractivity contribution is 5.76. The normalized spacial score (nSPS) is 13.3. The summed E-state index contributed by atoms with van der Waals surface area (Å²) in [4.78, 5) is 24.9. The third-order valence-electron chi connectivity index (χ3n) is 5.27. The molecule has 2 unspecified atom stereocenters. The predicted octanol–water partition coefficient (Wildman–Crippen LogP) is 1.92. The Morgan fingerprint density at radius 1 is 0.862 bits per heavy atom. The highest BCUT2D eigenvalue weighted by Gasteiger charge is 2.14. The lowest BCUT2D eigenvalue weighted by Crippen LogP contribution is -2.34. The zero-order valence-electron chi connectivity index (χ0n) is 19.0. The Hall–Kier alpha value is -1.02. The second-order valence-corrected chi connectivity index (χ2v) is 8.37. The topological polar surface area (TPSA) is 127 Å². The van der Waals surface area contributed by atoms with Crippen LogP contribution in [0.3, 0.4) is 0 Å². The summed E-state index contributed by atoms with van der Waals surface area (Å²) in [5.41, 5.74) is 17.8. The molecule has 29 heavy (non-hydrogen) atoms. The van der Waals surface area contributed by atoms with Crippen LogP contribution in [0.5, 0.6) is 0 Å². The molecule has 0 heterocycles. The molecule has 172 valence electrons. The van der Waals surface area contributed by atoms with Crippen molar-refractivity contribution >= 4 is 11.7 Å². The molecular formula is C22H47N5O2. The molecular weight excluding hydrogens is 366 g/mol. The van der Waals surface area contributed by atoms with Gasteiger partial charge in [0.1, 0.15) is 5.78 Å². The van der Waals surface area contributed by atoms with E-state index < -0.39 is 0 Å². The SMILES string of the molecule is CC(=O)CCCCCN(C)C(=O)CC(N)CCCC(N)CCCCNCCCN. The number of nitrogens with zero attached hydrogens (tertiary/aromatic N) is 1. The summed E-state index contributed by atoms with van der Waals surface area (Å²) in [6.45, 7) is 5.12. The molecule has 7 heteroatoms. The van der Waals surface area contributed by atoms with Crippen LogP contribution in [0.2, 0.25) is 0 Å². The largest absolute Gasteiger partial charge is 0.346 e. The average molecular weight is 414 g/mol. The molecule has 0 aromatic heterocycles. The first-order valence-electron chi connectivity index (χ1n) is 11.5. The lowest BCUT2D eigenvalue weighted by molar-refractivity contribution is -0.130. The number of nitrogens with one attached hydrogen (secondary N) is 1. The van der Waals surface area contributed by atoms with E-state index in [1.54, 1.807) is 11.8 Å². The molecule has 0 aliphatic rings. The highest BCUT2D eigenvalue weighted by atomic mass is 16.2. The van der Waals surface area contributed by atoms with E-state index in [1.165, 1.54) is 0 Å². The van der Waals surface area contributed by atoms with Crippen LogP contribution in [-0.4, -0.2) is 61.9 Å². The first-order chi connectivity index (χ1) is 13.9. The van der Waals surface area contributed by atoms with E-state index in [9.17, 15) is 9.59 Å². The lowest BCUT2D eigenvalue weighted by atomic mass is 10.0. The minimum absolute atomic E-state index is 0.0957. The van der Waals surface area contributed by atoms with Gasteiger partial charge in [-0.1, -0.05) is 19.3 Å². The van der Waals surface area contributed by atoms with E-state index in [0.29, 0.717) is 12.8 Å². The Morgan fingerprint density at radius 2 is 1.52 bits per heavy atom. The third-order valence-corrected chi connectivity index (χ3v) is 5.27. The zero-order chi connectivity index (χ0) is 21.9. The van der Waals surface area contributed by atoms with E-state index in [4.69, 9.17) is 17.2 Å². The Morgan fingerprint density at radius 3 is 2.21 bits per heavy atom. The van der Waals surface area contributed by atoms with Gasteiger partial charge in [0.15, 0.2) is 0 Å². The molecule has 0 spiro atoms. The number of carbonyl (C=O) groups is 2. The van der Waals surface area contributed by atoms with Crippen LogP contribution >= 0.6 is 0 Å². The third kappa shape index (κ3) is 18.7. The molecule has 0 radical (unpaired) electrons. The van der Waals surface area contributed by atoms with Gasteiger partial charge >= 0.3 is 0 Å².